The molecule has 3 amide bonds. The molecule has 126 valence electrons. The lowest BCUT2D eigenvalue weighted by molar-refractivity contribution is -0.141. The van der Waals surface area contributed by atoms with Gasteiger partial charge in [0.2, 0.25) is 11.8 Å². The first-order chi connectivity index (χ1) is 11.4. The highest BCUT2D eigenvalue weighted by Gasteiger charge is 2.40. The van der Waals surface area contributed by atoms with Gasteiger partial charge < -0.3 is 10.3 Å². The lowest BCUT2D eigenvalue weighted by Crippen LogP contribution is -2.44. The molecule has 0 radical (unpaired) electrons. The summed E-state index contributed by atoms with van der Waals surface area (Å²) in [4.78, 5) is 40.4. The Kier molecular flexibility index (Phi) is 4.09. The number of imide groups is 1. The van der Waals surface area contributed by atoms with E-state index in [9.17, 15) is 18.8 Å². The van der Waals surface area contributed by atoms with Crippen molar-refractivity contribution in [2.75, 3.05) is 0 Å². The normalized spacial score (nSPS) is 18.0. The highest BCUT2D eigenvalue weighted by atomic mass is 19.1. The number of likely N-dealkylation sites (tertiary alicyclic amines) is 1. The number of carbonyl (C=O) groups excluding carboxylic acids is 3. The van der Waals surface area contributed by atoms with Crippen LogP contribution in [0.3, 0.4) is 0 Å². The summed E-state index contributed by atoms with van der Waals surface area (Å²) >= 11 is 0. The third-order valence-electron chi connectivity index (χ3n) is 4.12. The first kappa shape index (κ1) is 16.2. The number of hydrogen-bond donors (Lipinski definition) is 2. The standard InChI is InChI=1S/C17H18FN3O3/c1-9(2)21-16(23)7-14(17(21)24)20-15(22)5-10-8-19-13-4-3-11(18)6-12(10)13/h3-4,6,8-9,14,19H,5,7H2,1-2H3,(H,20,22). The summed E-state index contributed by atoms with van der Waals surface area (Å²) in [6.07, 6.45) is 1.63. The maximum absolute atomic E-state index is 13.4. The van der Waals surface area contributed by atoms with Crippen molar-refractivity contribution in [2.45, 2.75) is 38.8 Å². The van der Waals surface area contributed by atoms with Crippen molar-refractivity contribution in [3.05, 3.63) is 35.8 Å². The Morgan fingerprint density at radius 3 is 2.83 bits per heavy atom. The predicted octanol–water partition coefficient (Wildman–Crippen LogP) is 1.50. The van der Waals surface area contributed by atoms with Crippen LogP contribution in [0.5, 0.6) is 0 Å². The number of amides is 3. The van der Waals surface area contributed by atoms with E-state index in [1.807, 2.05) is 0 Å². The number of fused-ring (bicyclic) bond motifs is 1. The zero-order valence-corrected chi connectivity index (χ0v) is 13.4. The summed E-state index contributed by atoms with van der Waals surface area (Å²) in [5.41, 5.74) is 1.37. The largest absolute Gasteiger partial charge is 0.361 e. The molecule has 1 aliphatic heterocycles. The van der Waals surface area contributed by atoms with E-state index in [0.29, 0.717) is 10.9 Å². The molecule has 1 aliphatic rings. The molecule has 0 saturated carbocycles. The van der Waals surface area contributed by atoms with Crippen LogP contribution in [0.25, 0.3) is 10.9 Å². The van der Waals surface area contributed by atoms with Crippen molar-refractivity contribution in [1.82, 2.24) is 15.2 Å². The Balaban J connectivity index is 1.71. The predicted molar refractivity (Wildman–Crippen MR) is 85.5 cm³/mol. The first-order valence-electron chi connectivity index (χ1n) is 7.77. The van der Waals surface area contributed by atoms with Gasteiger partial charge in [0.1, 0.15) is 11.9 Å². The fourth-order valence-corrected chi connectivity index (χ4v) is 3.02. The molecular formula is C17H18FN3O3. The van der Waals surface area contributed by atoms with Crippen LogP contribution in [0.2, 0.25) is 0 Å². The van der Waals surface area contributed by atoms with Crippen LogP contribution >= 0.6 is 0 Å². The van der Waals surface area contributed by atoms with Crippen LogP contribution in [-0.4, -0.2) is 39.7 Å². The summed E-state index contributed by atoms with van der Waals surface area (Å²) in [6.45, 7) is 3.50. The lowest BCUT2D eigenvalue weighted by Gasteiger charge is -2.19. The van der Waals surface area contributed by atoms with E-state index in [-0.39, 0.29) is 42.4 Å². The van der Waals surface area contributed by atoms with Crippen LogP contribution in [-0.2, 0) is 20.8 Å². The Morgan fingerprint density at radius 1 is 1.42 bits per heavy atom. The summed E-state index contributed by atoms with van der Waals surface area (Å²) in [5, 5.41) is 3.23. The molecule has 0 spiro atoms. The Morgan fingerprint density at radius 2 is 2.17 bits per heavy atom. The number of hydrogen-bond acceptors (Lipinski definition) is 3. The second kappa shape index (κ2) is 6.07. The molecule has 2 heterocycles. The van der Waals surface area contributed by atoms with Gasteiger partial charge in [-0.05, 0) is 37.6 Å². The second-order valence-corrected chi connectivity index (χ2v) is 6.20. The zero-order chi connectivity index (χ0) is 17.4. The van der Waals surface area contributed by atoms with Gasteiger partial charge in [-0.1, -0.05) is 0 Å². The fraction of sp³-hybridized carbons (Fsp3) is 0.353. The van der Waals surface area contributed by atoms with Gasteiger partial charge in [-0.2, -0.15) is 0 Å². The number of rotatable bonds is 4. The molecule has 1 atom stereocenters. The molecule has 1 aromatic heterocycles. The van der Waals surface area contributed by atoms with Crippen LogP contribution < -0.4 is 5.32 Å². The van der Waals surface area contributed by atoms with Gasteiger partial charge in [-0.15, -0.1) is 0 Å². The smallest absolute Gasteiger partial charge is 0.252 e. The summed E-state index contributed by atoms with van der Waals surface area (Å²) in [6, 6.07) is 3.24. The highest BCUT2D eigenvalue weighted by molar-refractivity contribution is 6.07. The Bertz CT molecular complexity index is 828. The van der Waals surface area contributed by atoms with Crippen molar-refractivity contribution >= 4 is 28.6 Å². The minimum Gasteiger partial charge on any atom is -0.361 e. The molecule has 1 fully saturated rings. The van der Waals surface area contributed by atoms with Gasteiger partial charge in [-0.25, -0.2) is 4.39 Å². The monoisotopic (exact) mass is 331 g/mol. The molecule has 7 heteroatoms. The molecule has 3 rings (SSSR count). The highest BCUT2D eigenvalue weighted by Crippen LogP contribution is 2.20. The fourth-order valence-electron chi connectivity index (χ4n) is 3.02. The number of aromatic nitrogens is 1. The van der Waals surface area contributed by atoms with Gasteiger partial charge in [0, 0.05) is 23.1 Å². The van der Waals surface area contributed by atoms with Crippen LogP contribution in [0.1, 0.15) is 25.8 Å². The molecule has 24 heavy (non-hydrogen) atoms. The maximum Gasteiger partial charge on any atom is 0.252 e. The molecule has 2 N–H and O–H groups in total. The van der Waals surface area contributed by atoms with Crippen LogP contribution in [0.15, 0.2) is 24.4 Å². The molecule has 0 bridgehead atoms. The van der Waals surface area contributed by atoms with Crippen molar-refractivity contribution in [3.63, 3.8) is 0 Å². The summed E-state index contributed by atoms with van der Waals surface area (Å²) in [5.74, 6) is -1.42. The molecule has 1 aromatic carbocycles. The molecular weight excluding hydrogens is 313 g/mol. The van der Waals surface area contributed by atoms with Gasteiger partial charge in [-0.3, -0.25) is 19.3 Å². The molecule has 2 aromatic rings. The van der Waals surface area contributed by atoms with Crippen molar-refractivity contribution in [2.24, 2.45) is 0 Å². The maximum atomic E-state index is 13.4. The number of H-pyrrole nitrogens is 1. The number of aromatic amines is 1. The van der Waals surface area contributed by atoms with Gasteiger partial charge in [0.05, 0.1) is 12.8 Å². The SMILES string of the molecule is CC(C)N1C(=O)CC(NC(=O)Cc2c[nH]c3ccc(F)cc23)C1=O. The van der Waals surface area contributed by atoms with Crippen LogP contribution in [0, 0.1) is 5.82 Å². The molecule has 1 saturated heterocycles. The van der Waals surface area contributed by atoms with E-state index >= 15 is 0 Å². The van der Waals surface area contributed by atoms with E-state index in [2.05, 4.69) is 10.3 Å². The minimum atomic E-state index is -0.825. The Labute approximate surface area is 138 Å². The van der Waals surface area contributed by atoms with Gasteiger partial charge >= 0.3 is 0 Å². The number of nitrogens with zero attached hydrogens (tertiary/aromatic N) is 1. The minimum absolute atomic E-state index is 0.00308. The van der Waals surface area contributed by atoms with E-state index < -0.39 is 6.04 Å². The van der Waals surface area contributed by atoms with Crippen LogP contribution in [0.4, 0.5) is 4.39 Å². The third-order valence-corrected chi connectivity index (χ3v) is 4.12. The second-order valence-electron chi connectivity index (χ2n) is 6.20. The average Bonchev–Trinajstić information content (AvgIpc) is 3.00. The summed E-state index contributed by atoms with van der Waals surface area (Å²) < 4.78 is 13.4. The molecule has 0 aliphatic carbocycles. The zero-order valence-electron chi connectivity index (χ0n) is 13.4. The lowest BCUT2D eigenvalue weighted by atomic mass is 10.1. The number of nitrogens with one attached hydrogen (secondary N) is 2. The van der Waals surface area contributed by atoms with E-state index in [4.69, 9.17) is 0 Å². The number of benzene rings is 1. The molecule has 6 nitrogen and oxygen atoms in total. The third kappa shape index (κ3) is 2.89. The average molecular weight is 331 g/mol. The van der Waals surface area contributed by atoms with E-state index in [1.165, 1.54) is 17.0 Å². The number of carbonyl (C=O) groups is 3. The molecule has 1 unspecified atom stereocenters. The van der Waals surface area contributed by atoms with Gasteiger partial charge in [0.25, 0.3) is 5.91 Å². The van der Waals surface area contributed by atoms with Crippen molar-refractivity contribution < 1.29 is 18.8 Å². The topological polar surface area (TPSA) is 82.3 Å². The van der Waals surface area contributed by atoms with E-state index in [1.54, 1.807) is 26.1 Å². The quantitative estimate of drug-likeness (QED) is 0.833. The summed E-state index contributed by atoms with van der Waals surface area (Å²) in [7, 11) is 0. The van der Waals surface area contributed by atoms with E-state index in [0.717, 1.165) is 5.52 Å². The number of halogens is 1. The van der Waals surface area contributed by atoms with Crippen molar-refractivity contribution in [1.29, 1.82) is 0 Å². The van der Waals surface area contributed by atoms with Gasteiger partial charge in [0.15, 0.2) is 0 Å². The van der Waals surface area contributed by atoms with Crippen molar-refractivity contribution in [3.8, 4) is 0 Å². The first-order valence-corrected chi connectivity index (χ1v) is 7.77. The Hall–Kier alpha value is -2.70.